The molecule has 2 fully saturated rings. The number of aliphatic hydroxyl groups is 1. The van der Waals surface area contributed by atoms with Crippen molar-refractivity contribution in [1.29, 1.82) is 0 Å². The van der Waals surface area contributed by atoms with Gasteiger partial charge in [-0.05, 0) is 45.1 Å². The number of carbonyl (C=O) groups excluding carboxylic acids is 1. The Balaban J connectivity index is 1.90. The molecule has 3 rings (SSSR count). The summed E-state index contributed by atoms with van der Waals surface area (Å²) in [5.74, 6) is -0.542. The fraction of sp³-hybridized carbons (Fsp3) is 0.667. The lowest BCUT2D eigenvalue weighted by Gasteiger charge is -2.40. The van der Waals surface area contributed by atoms with Crippen LogP contribution in [0.1, 0.15) is 64.0 Å². The van der Waals surface area contributed by atoms with E-state index in [4.69, 9.17) is 4.74 Å². The molecule has 6 heteroatoms. The zero-order valence-electron chi connectivity index (χ0n) is 14.3. The molecule has 2 saturated heterocycles. The maximum Gasteiger partial charge on any atom is 0.410 e. The number of amides is 1. The fourth-order valence-corrected chi connectivity index (χ4v) is 4.27. The number of aromatic nitrogens is 1. The number of aliphatic hydroxyl groups excluding tert-OH is 1. The Bertz CT molecular complexity index is 614. The summed E-state index contributed by atoms with van der Waals surface area (Å²) in [6.07, 6.45) is 5.72. The van der Waals surface area contributed by atoms with E-state index < -0.39 is 23.6 Å². The Kier molecular flexibility index (Phi) is 4.51. The van der Waals surface area contributed by atoms with E-state index in [1.165, 1.54) is 12.3 Å². The highest BCUT2D eigenvalue weighted by Crippen LogP contribution is 2.58. The van der Waals surface area contributed by atoms with Crippen molar-refractivity contribution in [3.8, 4) is 0 Å². The molecule has 24 heavy (non-hydrogen) atoms. The van der Waals surface area contributed by atoms with Gasteiger partial charge in [-0.3, -0.25) is 9.88 Å². The first-order valence-electron chi connectivity index (χ1n) is 8.69. The third-order valence-corrected chi connectivity index (χ3v) is 5.69. The van der Waals surface area contributed by atoms with Crippen molar-refractivity contribution in [2.45, 2.75) is 69.6 Å². The molecule has 3 heterocycles. The lowest BCUT2D eigenvalue weighted by atomic mass is 9.78. The molecule has 1 atom stereocenters. The van der Waals surface area contributed by atoms with E-state index in [9.17, 15) is 14.3 Å². The van der Waals surface area contributed by atoms with E-state index in [-0.39, 0.29) is 11.1 Å². The van der Waals surface area contributed by atoms with Gasteiger partial charge in [0.25, 0.3) is 0 Å². The van der Waals surface area contributed by atoms with E-state index in [0.717, 1.165) is 31.9 Å². The van der Waals surface area contributed by atoms with Crippen LogP contribution in [0.2, 0.25) is 0 Å². The van der Waals surface area contributed by atoms with Crippen molar-refractivity contribution < 1.29 is 19.0 Å². The number of halogens is 1. The average Bonchev–Trinajstić information content (AvgIpc) is 3.04. The molecule has 2 aliphatic rings. The van der Waals surface area contributed by atoms with E-state index in [1.807, 2.05) is 13.8 Å². The maximum atomic E-state index is 14.1. The number of carbonyl (C=O) groups is 1. The smallest absolute Gasteiger partial charge is 0.410 e. The van der Waals surface area contributed by atoms with Crippen LogP contribution in [0.25, 0.3) is 0 Å². The summed E-state index contributed by atoms with van der Waals surface area (Å²) < 4.78 is 19.6. The highest BCUT2D eigenvalue weighted by molar-refractivity contribution is 5.71. The Labute approximate surface area is 141 Å². The molecule has 0 spiro atoms. The summed E-state index contributed by atoms with van der Waals surface area (Å²) in [5.41, 5.74) is -0.920. The monoisotopic (exact) mass is 336 g/mol. The molecular weight excluding hydrogens is 311 g/mol. The molecular formula is C18H25FN2O3. The number of hydrogen-bond donors (Lipinski definition) is 1. The molecule has 1 amide bonds. The average molecular weight is 336 g/mol. The van der Waals surface area contributed by atoms with Crippen molar-refractivity contribution in [3.05, 3.63) is 29.8 Å². The van der Waals surface area contributed by atoms with Crippen LogP contribution in [-0.4, -0.2) is 38.8 Å². The zero-order valence-corrected chi connectivity index (χ0v) is 14.3. The molecule has 0 aliphatic carbocycles. The summed E-state index contributed by atoms with van der Waals surface area (Å²) in [6.45, 7) is 4.43. The topological polar surface area (TPSA) is 62.7 Å². The zero-order chi connectivity index (χ0) is 17.4. The first kappa shape index (κ1) is 17.1. The Hall–Kier alpha value is -1.69. The lowest BCUT2D eigenvalue weighted by Crippen LogP contribution is -2.52. The molecule has 0 saturated carbocycles. The van der Waals surface area contributed by atoms with Crippen molar-refractivity contribution in [1.82, 2.24) is 9.88 Å². The predicted molar refractivity (Wildman–Crippen MR) is 86.9 cm³/mol. The molecule has 2 aliphatic heterocycles. The molecule has 2 bridgehead atoms. The molecule has 1 aromatic heterocycles. The van der Waals surface area contributed by atoms with E-state index >= 15 is 0 Å². The van der Waals surface area contributed by atoms with Crippen LogP contribution < -0.4 is 0 Å². The highest BCUT2D eigenvalue weighted by atomic mass is 19.1. The largest absolute Gasteiger partial charge is 0.449 e. The van der Waals surface area contributed by atoms with Crippen LogP contribution in [0.15, 0.2) is 18.5 Å². The lowest BCUT2D eigenvalue weighted by molar-refractivity contribution is -0.0133. The van der Waals surface area contributed by atoms with Crippen LogP contribution in [0, 0.1) is 5.82 Å². The second-order valence-electron chi connectivity index (χ2n) is 7.20. The quantitative estimate of drug-likeness (QED) is 0.835. The molecule has 1 N–H and O–H groups in total. The first-order valence-corrected chi connectivity index (χ1v) is 8.69. The second kappa shape index (κ2) is 6.31. The second-order valence-corrected chi connectivity index (χ2v) is 7.20. The van der Waals surface area contributed by atoms with Crippen LogP contribution in [0.3, 0.4) is 0 Å². The van der Waals surface area contributed by atoms with Gasteiger partial charge in [0.15, 0.2) is 0 Å². The van der Waals surface area contributed by atoms with Gasteiger partial charge in [-0.15, -0.1) is 0 Å². The van der Waals surface area contributed by atoms with Crippen LogP contribution in [-0.2, 0) is 4.74 Å². The third kappa shape index (κ3) is 2.57. The molecule has 1 aromatic rings. The van der Waals surface area contributed by atoms with Crippen LogP contribution in [0.4, 0.5) is 9.18 Å². The highest BCUT2D eigenvalue weighted by Gasteiger charge is 2.64. The van der Waals surface area contributed by atoms with E-state index in [2.05, 4.69) is 4.98 Å². The number of unbranched alkanes of at least 4 members (excludes halogenated alkanes) is 1. The van der Waals surface area contributed by atoms with Crippen molar-refractivity contribution >= 4 is 6.09 Å². The summed E-state index contributed by atoms with van der Waals surface area (Å²) in [4.78, 5) is 18.1. The molecule has 132 valence electrons. The van der Waals surface area contributed by atoms with Gasteiger partial charge in [0.05, 0.1) is 18.3 Å². The fourth-order valence-electron chi connectivity index (χ4n) is 4.27. The minimum atomic E-state index is -1.08. The minimum absolute atomic E-state index is 0.197. The van der Waals surface area contributed by atoms with Gasteiger partial charge in [-0.1, -0.05) is 13.3 Å². The molecule has 5 nitrogen and oxygen atoms in total. The summed E-state index contributed by atoms with van der Waals surface area (Å²) in [7, 11) is 0. The molecule has 0 aromatic carbocycles. The van der Waals surface area contributed by atoms with Gasteiger partial charge in [0, 0.05) is 17.3 Å². The predicted octanol–water partition coefficient (Wildman–Crippen LogP) is 3.58. The van der Waals surface area contributed by atoms with Gasteiger partial charge in [0.2, 0.25) is 0 Å². The Morgan fingerprint density at radius 2 is 2.17 bits per heavy atom. The Morgan fingerprint density at radius 1 is 1.46 bits per heavy atom. The Morgan fingerprint density at radius 3 is 2.79 bits per heavy atom. The van der Waals surface area contributed by atoms with E-state index in [0.29, 0.717) is 19.4 Å². The van der Waals surface area contributed by atoms with Gasteiger partial charge >= 0.3 is 6.09 Å². The number of ether oxygens (including phenoxy) is 1. The normalized spacial score (nSPS) is 29.8. The van der Waals surface area contributed by atoms with Crippen LogP contribution in [0.5, 0.6) is 0 Å². The van der Waals surface area contributed by atoms with E-state index in [1.54, 1.807) is 4.90 Å². The minimum Gasteiger partial charge on any atom is -0.449 e. The van der Waals surface area contributed by atoms with Gasteiger partial charge in [-0.2, -0.15) is 0 Å². The number of nitrogens with zero attached hydrogens (tertiary/aromatic N) is 2. The standard InChI is InChI=1S/C18H25FN2O3/c1-3-4-11-24-16(23)21-17(2)6-8-18(21,9-7-17)15(22)13-5-10-20-12-14(13)19/h5,10,12,15,22H,3-4,6-9,11H2,1-2H3. The van der Waals surface area contributed by atoms with Gasteiger partial charge < -0.3 is 9.84 Å². The summed E-state index contributed by atoms with van der Waals surface area (Å²) in [6, 6.07) is 1.49. The van der Waals surface area contributed by atoms with Crippen molar-refractivity contribution in [3.63, 3.8) is 0 Å². The van der Waals surface area contributed by atoms with Gasteiger partial charge in [0.1, 0.15) is 11.9 Å². The number of fused-ring (bicyclic) bond motifs is 2. The van der Waals surface area contributed by atoms with Crippen molar-refractivity contribution in [2.75, 3.05) is 6.61 Å². The van der Waals surface area contributed by atoms with Gasteiger partial charge in [-0.25, -0.2) is 9.18 Å². The first-order chi connectivity index (χ1) is 11.4. The SMILES string of the molecule is CCCCOC(=O)N1C2(C)CCC1(C(O)c1ccncc1F)CC2. The van der Waals surface area contributed by atoms with Crippen LogP contribution >= 0.6 is 0 Å². The van der Waals surface area contributed by atoms with Crippen molar-refractivity contribution in [2.24, 2.45) is 0 Å². The molecule has 0 radical (unpaired) electrons. The summed E-state index contributed by atoms with van der Waals surface area (Å²) >= 11 is 0. The third-order valence-electron chi connectivity index (χ3n) is 5.69. The number of pyridine rings is 1. The molecule has 1 unspecified atom stereocenters. The maximum absolute atomic E-state index is 14.1. The number of rotatable bonds is 5. The number of hydrogen-bond acceptors (Lipinski definition) is 4. The summed E-state index contributed by atoms with van der Waals surface area (Å²) in [5, 5.41) is 11.0.